The fraction of sp³-hybridized carbons (Fsp3) is 0.562. The highest BCUT2D eigenvalue weighted by atomic mass is 16.5. The lowest BCUT2D eigenvalue weighted by Gasteiger charge is -2.37. The van der Waals surface area contributed by atoms with Gasteiger partial charge in [0.15, 0.2) is 5.96 Å². The van der Waals surface area contributed by atoms with Gasteiger partial charge in [-0.3, -0.25) is 4.99 Å². The van der Waals surface area contributed by atoms with Crippen molar-refractivity contribution in [2.45, 2.75) is 20.0 Å². The third-order valence-corrected chi connectivity index (χ3v) is 3.72. The Morgan fingerprint density at radius 1 is 1.35 bits per heavy atom. The van der Waals surface area contributed by atoms with Gasteiger partial charge in [0.2, 0.25) is 0 Å². The summed E-state index contributed by atoms with van der Waals surface area (Å²) >= 11 is 0. The van der Waals surface area contributed by atoms with Gasteiger partial charge in [0.1, 0.15) is 6.10 Å². The van der Waals surface area contributed by atoms with Gasteiger partial charge in [0.05, 0.1) is 13.2 Å². The molecule has 1 aromatic carbocycles. The highest BCUT2D eigenvalue weighted by Crippen LogP contribution is 2.26. The Bertz CT molecular complexity index is 496. The minimum Gasteiger partial charge on any atom is -0.370 e. The number of aliphatic imine (C=N–C) groups is 1. The Labute approximate surface area is 122 Å². The average Bonchev–Trinajstić information content (AvgIpc) is 2.39. The molecule has 110 valence electrons. The molecule has 0 amide bonds. The molecule has 4 heteroatoms. The topological polar surface area (TPSA) is 28.1 Å². The molecule has 20 heavy (non-hydrogen) atoms. The third-order valence-electron chi connectivity index (χ3n) is 3.72. The SMILES string of the molecule is CN=C(N(C)C)N1CCOC(c2ccc(C)cc2C)C1. The normalized spacial score (nSPS) is 20.1. The van der Waals surface area contributed by atoms with E-state index in [4.69, 9.17) is 4.74 Å². The van der Waals surface area contributed by atoms with Gasteiger partial charge < -0.3 is 14.5 Å². The van der Waals surface area contributed by atoms with Crippen molar-refractivity contribution in [2.24, 2.45) is 4.99 Å². The Balaban J connectivity index is 2.18. The van der Waals surface area contributed by atoms with Crippen molar-refractivity contribution in [3.05, 3.63) is 34.9 Å². The fourth-order valence-corrected chi connectivity index (χ4v) is 2.83. The van der Waals surface area contributed by atoms with E-state index >= 15 is 0 Å². The largest absolute Gasteiger partial charge is 0.370 e. The predicted octanol–water partition coefficient (Wildman–Crippen LogP) is 2.22. The second-order valence-corrected chi connectivity index (χ2v) is 5.58. The molecule has 1 fully saturated rings. The van der Waals surface area contributed by atoms with Crippen LogP contribution < -0.4 is 0 Å². The standard InChI is InChI=1S/C16H25N3O/c1-12-6-7-14(13(2)10-12)15-11-19(8-9-20-15)16(17-3)18(4)5/h6-7,10,15H,8-9,11H2,1-5H3. The molecule has 0 aliphatic carbocycles. The summed E-state index contributed by atoms with van der Waals surface area (Å²) in [5.74, 6) is 1.02. The molecule has 1 saturated heterocycles. The first-order chi connectivity index (χ1) is 9.52. The van der Waals surface area contributed by atoms with Crippen LogP contribution >= 0.6 is 0 Å². The summed E-state index contributed by atoms with van der Waals surface area (Å²) in [5, 5.41) is 0. The lowest BCUT2D eigenvalue weighted by atomic mass is 10.00. The van der Waals surface area contributed by atoms with Gasteiger partial charge in [-0.25, -0.2) is 0 Å². The van der Waals surface area contributed by atoms with E-state index in [2.05, 4.69) is 46.8 Å². The number of nitrogens with zero attached hydrogens (tertiary/aromatic N) is 3. The lowest BCUT2D eigenvalue weighted by Crippen LogP contribution is -2.47. The first kappa shape index (κ1) is 14.9. The van der Waals surface area contributed by atoms with Crippen molar-refractivity contribution in [3.8, 4) is 0 Å². The summed E-state index contributed by atoms with van der Waals surface area (Å²) in [5.41, 5.74) is 3.88. The summed E-state index contributed by atoms with van der Waals surface area (Å²) in [7, 11) is 5.91. The maximum atomic E-state index is 5.97. The Kier molecular flexibility index (Phi) is 4.65. The van der Waals surface area contributed by atoms with Crippen LogP contribution in [-0.4, -0.2) is 56.6 Å². The first-order valence-electron chi connectivity index (χ1n) is 7.10. The number of morpholine rings is 1. The molecule has 0 saturated carbocycles. The van der Waals surface area contributed by atoms with Gasteiger partial charge in [-0.05, 0) is 25.0 Å². The van der Waals surface area contributed by atoms with Crippen molar-refractivity contribution < 1.29 is 4.74 Å². The predicted molar refractivity (Wildman–Crippen MR) is 83.2 cm³/mol. The van der Waals surface area contributed by atoms with Crippen LogP contribution in [0.25, 0.3) is 0 Å². The zero-order chi connectivity index (χ0) is 14.7. The Morgan fingerprint density at radius 2 is 2.10 bits per heavy atom. The zero-order valence-electron chi connectivity index (χ0n) is 13.2. The van der Waals surface area contributed by atoms with Crippen molar-refractivity contribution in [1.29, 1.82) is 0 Å². The van der Waals surface area contributed by atoms with Crippen molar-refractivity contribution in [3.63, 3.8) is 0 Å². The molecule has 0 aromatic heterocycles. The van der Waals surface area contributed by atoms with Gasteiger partial charge in [0.25, 0.3) is 0 Å². The van der Waals surface area contributed by atoms with Crippen molar-refractivity contribution in [2.75, 3.05) is 40.8 Å². The van der Waals surface area contributed by atoms with Crippen LogP contribution in [0.1, 0.15) is 22.8 Å². The van der Waals surface area contributed by atoms with Gasteiger partial charge in [0, 0.05) is 27.7 Å². The van der Waals surface area contributed by atoms with E-state index < -0.39 is 0 Å². The second-order valence-electron chi connectivity index (χ2n) is 5.58. The monoisotopic (exact) mass is 275 g/mol. The molecule has 0 bridgehead atoms. The first-order valence-corrected chi connectivity index (χ1v) is 7.10. The van der Waals surface area contributed by atoms with Gasteiger partial charge in [-0.2, -0.15) is 0 Å². The fourth-order valence-electron chi connectivity index (χ4n) is 2.83. The molecule has 4 nitrogen and oxygen atoms in total. The molecule has 1 aliphatic rings. The van der Waals surface area contributed by atoms with Crippen LogP contribution in [-0.2, 0) is 4.74 Å². The van der Waals surface area contributed by atoms with Crippen LogP contribution in [0.15, 0.2) is 23.2 Å². The van der Waals surface area contributed by atoms with Gasteiger partial charge >= 0.3 is 0 Å². The number of benzene rings is 1. The number of guanidine groups is 1. The van der Waals surface area contributed by atoms with Crippen LogP contribution in [0.4, 0.5) is 0 Å². The minimum atomic E-state index is 0.126. The Hall–Kier alpha value is -1.55. The highest BCUT2D eigenvalue weighted by molar-refractivity contribution is 5.79. The van der Waals surface area contributed by atoms with E-state index in [-0.39, 0.29) is 6.10 Å². The molecule has 1 aliphatic heterocycles. The van der Waals surface area contributed by atoms with Crippen LogP contribution in [0, 0.1) is 13.8 Å². The van der Waals surface area contributed by atoms with E-state index in [1.807, 2.05) is 21.1 Å². The minimum absolute atomic E-state index is 0.126. The maximum Gasteiger partial charge on any atom is 0.195 e. The zero-order valence-corrected chi connectivity index (χ0v) is 13.2. The van der Waals surface area contributed by atoms with Gasteiger partial charge in [-0.15, -0.1) is 0 Å². The van der Waals surface area contributed by atoms with E-state index in [9.17, 15) is 0 Å². The smallest absolute Gasteiger partial charge is 0.195 e. The van der Waals surface area contributed by atoms with E-state index in [0.29, 0.717) is 0 Å². The molecule has 1 aromatic rings. The van der Waals surface area contributed by atoms with Crippen molar-refractivity contribution in [1.82, 2.24) is 9.80 Å². The van der Waals surface area contributed by atoms with Crippen molar-refractivity contribution >= 4 is 5.96 Å². The number of hydrogen-bond donors (Lipinski definition) is 0. The van der Waals surface area contributed by atoms with Crippen LogP contribution in [0.5, 0.6) is 0 Å². The molecule has 0 spiro atoms. The summed E-state index contributed by atoms with van der Waals surface area (Å²) in [4.78, 5) is 8.75. The summed E-state index contributed by atoms with van der Waals surface area (Å²) in [6.45, 7) is 6.77. The molecule has 1 unspecified atom stereocenters. The lowest BCUT2D eigenvalue weighted by molar-refractivity contribution is -0.0101. The van der Waals surface area contributed by atoms with Crippen LogP contribution in [0.3, 0.4) is 0 Å². The quantitative estimate of drug-likeness (QED) is 0.581. The van der Waals surface area contributed by atoms with E-state index in [1.54, 1.807) is 0 Å². The average molecular weight is 275 g/mol. The number of hydrogen-bond acceptors (Lipinski definition) is 2. The number of aryl methyl sites for hydroxylation is 2. The third kappa shape index (κ3) is 3.12. The molecule has 2 rings (SSSR count). The maximum absolute atomic E-state index is 5.97. The molecule has 0 N–H and O–H groups in total. The van der Waals surface area contributed by atoms with E-state index in [1.165, 1.54) is 16.7 Å². The second kappa shape index (κ2) is 6.27. The summed E-state index contributed by atoms with van der Waals surface area (Å²) in [6.07, 6.45) is 0.126. The number of ether oxygens (including phenoxy) is 1. The number of rotatable bonds is 1. The Morgan fingerprint density at radius 3 is 2.70 bits per heavy atom. The summed E-state index contributed by atoms with van der Waals surface area (Å²) in [6, 6.07) is 6.57. The van der Waals surface area contributed by atoms with E-state index in [0.717, 1.165) is 25.7 Å². The highest BCUT2D eigenvalue weighted by Gasteiger charge is 2.25. The molecule has 1 atom stereocenters. The van der Waals surface area contributed by atoms with Crippen LogP contribution in [0.2, 0.25) is 0 Å². The van der Waals surface area contributed by atoms with Gasteiger partial charge in [-0.1, -0.05) is 23.8 Å². The molecule has 0 radical (unpaired) electrons. The molecular formula is C16H25N3O. The summed E-state index contributed by atoms with van der Waals surface area (Å²) < 4.78 is 5.97. The molecular weight excluding hydrogens is 250 g/mol. The molecule has 1 heterocycles.